The van der Waals surface area contributed by atoms with E-state index in [4.69, 9.17) is 0 Å². The monoisotopic (exact) mass is 523 g/mol. The standard InChI is InChI=1S/C28H25N7O2S/c1-15-9-19-4-3-17(10-25(19)38-15)13-29-27(36)23-12-24(31-14-30-23)28(37)33-22-8-6-18-11-20(5-7-21(18)22)26-32-16(2)34-35-26/h3-5,7,9-12,14,22H,6,8,13H2,1-2H3,(H,29,36)(H,33,37)(H,32,34,35)/t22-/m1/s1. The molecule has 1 aliphatic carbocycles. The van der Waals surface area contributed by atoms with Gasteiger partial charge in [-0.05, 0) is 67.0 Å². The summed E-state index contributed by atoms with van der Waals surface area (Å²) in [6.07, 6.45) is 2.87. The number of carbonyl (C=O) groups excluding carboxylic acids is 2. The summed E-state index contributed by atoms with van der Waals surface area (Å²) in [6, 6.07) is 15.7. The molecular formula is C28H25N7O2S. The van der Waals surface area contributed by atoms with Crippen molar-refractivity contribution >= 4 is 33.2 Å². The van der Waals surface area contributed by atoms with Crippen molar-refractivity contribution in [3.63, 3.8) is 0 Å². The lowest BCUT2D eigenvalue weighted by atomic mass is 10.0. The summed E-state index contributed by atoms with van der Waals surface area (Å²) in [5.74, 6) is 0.724. The maximum Gasteiger partial charge on any atom is 0.270 e. The molecule has 0 radical (unpaired) electrons. The SMILES string of the molecule is Cc1nc(-c2ccc3c(c2)CC[C@H]3NC(=O)c2cc(C(=O)NCc3ccc4cc(C)sc4c3)ncn2)n[nH]1. The normalized spacial score (nSPS) is 14.4. The van der Waals surface area contributed by atoms with Crippen molar-refractivity contribution in [3.8, 4) is 11.4 Å². The van der Waals surface area contributed by atoms with Gasteiger partial charge in [0, 0.05) is 27.8 Å². The van der Waals surface area contributed by atoms with E-state index in [1.807, 2.05) is 25.1 Å². The van der Waals surface area contributed by atoms with Crippen molar-refractivity contribution in [2.75, 3.05) is 0 Å². The van der Waals surface area contributed by atoms with Crippen molar-refractivity contribution in [1.82, 2.24) is 35.8 Å². The summed E-state index contributed by atoms with van der Waals surface area (Å²) in [4.78, 5) is 39.6. The van der Waals surface area contributed by atoms with Gasteiger partial charge in [-0.15, -0.1) is 11.3 Å². The van der Waals surface area contributed by atoms with Gasteiger partial charge >= 0.3 is 0 Å². The number of thiophene rings is 1. The molecule has 9 nitrogen and oxygen atoms in total. The molecule has 6 rings (SSSR count). The summed E-state index contributed by atoms with van der Waals surface area (Å²) < 4.78 is 1.19. The lowest BCUT2D eigenvalue weighted by Gasteiger charge is -2.14. The zero-order chi connectivity index (χ0) is 26.2. The summed E-state index contributed by atoms with van der Waals surface area (Å²) >= 11 is 1.73. The number of nitrogens with zero attached hydrogens (tertiary/aromatic N) is 4. The maximum absolute atomic E-state index is 13.0. The average molecular weight is 524 g/mol. The molecular weight excluding hydrogens is 498 g/mol. The Morgan fingerprint density at radius 3 is 2.68 bits per heavy atom. The average Bonchev–Trinajstić information content (AvgIpc) is 3.64. The highest BCUT2D eigenvalue weighted by molar-refractivity contribution is 7.19. The van der Waals surface area contributed by atoms with Crippen LogP contribution in [0.15, 0.2) is 54.9 Å². The van der Waals surface area contributed by atoms with Crippen LogP contribution in [0.25, 0.3) is 21.5 Å². The van der Waals surface area contributed by atoms with Crippen LogP contribution in [0.1, 0.15) is 60.8 Å². The fourth-order valence-corrected chi connectivity index (χ4v) is 5.80. The molecule has 3 heterocycles. The topological polar surface area (TPSA) is 126 Å². The number of fused-ring (bicyclic) bond motifs is 2. The van der Waals surface area contributed by atoms with Crippen molar-refractivity contribution in [2.45, 2.75) is 39.3 Å². The Morgan fingerprint density at radius 1 is 1.03 bits per heavy atom. The third kappa shape index (κ3) is 4.78. The van der Waals surface area contributed by atoms with E-state index in [1.165, 1.54) is 27.4 Å². The van der Waals surface area contributed by atoms with E-state index in [9.17, 15) is 9.59 Å². The van der Waals surface area contributed by atoms with Gasteiger partial charge in [0.15, 0.2) is 5.82 Å². The first kappa shape index (κ1) is 23.9. The summed E-state index contributed by atoms with van der Waals surface area (Å²) in [6.45, 7) is 4.31. The Labute approximate surface area is 222 Å². The van der Waals surface area contributed by atoms with E-state index < -0.39 is 0 Å². The fourth-order valence-electron chi connectivity index (χ4n) is 4.81. The summed E-state index contributed by atoms with van der Waals surface area (Å²) in [7, 11) is 0. The van der Waals surface area contributed by atoms with Crippen LogP contribution >= 0.6 is 11.3 Å². The van der Waals surface area contributed by atoms with Crippen molar-refractivity contribution in [3.05, 3.63) is 93.6 Å². The third-order valence-corrected chi connectivity index (χ3v) is 7.69. The molecule has 2 amide bonds. The highest BCUT2D eigenvalue weighted by Crippen LogP contribution is 2.34. The van der Waals surface area contributed by atoms with Gasteiger partial charge in [-0.2, -0.15) is 5.10 Å². The van der Waals surface area contributed by atoms with Gasteiger partial charge in [0.2, 0.25) is 0 Å². The van der Waals surface area contributed by atoms with Gasteiger partial charge in [0.05, 0.1) is 6.04 Å². The molecule has 2 aromatic carbocycles. The Hall–Kier alpha value is -4.44. The molecule has 3 N–H and O–H groups in total. The molecule has 10 heteroatoms. The first-order valence-corrected chi connectivity index (χ1v) is 13.2. The number of carbonyl (C=O) groups is 2. The van der Waals surface area contributed by atoms with E-state index in [0.717, 1.165) is 40.9 Å². The number of H-pyrrole nitrogens is 1. The maximum atomic E-state index is 13.0. The van der Waals surface area contributed by atoms with Crippen LogP contribution in [0.4, 0.5) is 0 Å². The minimum absolute atomic E-state index is 0.136. The first-order valence-electron chi connectivity index (χ1n) is 12.4. The molecule has 1 atom stereocenters. The van der Waals surface area contributed by atoms with Crippen LogP contribution < -0.4 is 10.6 Å². The van der Waals surface area contributed by atoms with Gasteiger partial charge in [-0.25, -0.2) is 15.0 Å². The van der Waals surface area contributed by atoms with E-state index in [1.54, 1.807) is 11.3 Å². The van der Waals surface area contributed by atoms with E-state index >= 15 is 0 Å². The second kappa shape index (κ2) is 9.79. The second-order valence-electron chi connectivity index (χ2n) is 9.42. The lowest BCUT2D eigenvalue weighted by Crippen LogP contribution is -2.29. The first-order chi connectivity index (χ1) is 18.4. The predicted molar refractivity (Wildman–Crippen MR) is 145 cm³/mol. The van der Waals surface area contributed by atoms with E-state index in [0.29, 0.717) is 12.4 Å². The highest BCUT2D eigenvalue weighted by Gasteiger charge is 2.26. The molecule has 38 heavy (non-hydrogen) atoms. The zero-order valence-corrected chi connectivity index (χ0v) is 21.7. The molecule has 0 spiro atoms. The van der Waals surface area contributed by atoms with Crippen molar-refractivity contribution in [2.24, 2.45) is 0 Å². The Balaban J connectivity index is 1.11. The van der Waals surface area contributed by atoms with Gasteiger partial charge < -0.3 is 10.6 Å². The zero-order valence-electron chi connectivity index (χ0n) is 20.9. The Morgan fingerprint density at radius 2 is 1.87 bits per heavy atom. The predicted octanol–water partition coefficient (Wildman–Crippen LogP) is 4.44. The lowest BCUT2D eigenvalue weighted by molar-refractivity contribution is 0.0931. The fraction of sp³-hybridized carbons (Fsp3) is 0.214. The van der Waals surface area contributed by atoms with Crippen LogP contribution in [0.3, 0.4) is 0 Å². The van der Waals surface area contributed by atoms with E-state index in [-0.39, 0.29) is 29.2 Å². The number of aromatic nitrogens is 5. The van der Waals surface area contributed by atoms with Crippen LogP contribution in [0.2, 0.25) is 0 Å². The van der Waals surface area contributed by atoms with Gasteiger partial charge in [-0.3, -0.25) is 14.7 Å². The molecule has 0 unspecified atom stereocenters. The molecule has 3 aromatic heterocycles. The smallest absolute Gasteiger partial charge is 0.270 e. The summed E-state index contributed by atoms with van der Waals surface area (Å²) in [5, 5.41) is 14.2. The van der Waals surface area contributed by atoms with Gasteiger partial charge in [0.25, 0.3) is 11.8 Å². The molecule has 0 saturated carbocycles. The number of amides is 2. The number of aromatic amines is 1. The molecule has 0 fully saturated rings. The number of hydrogen-bond acceptors (Lipinski definition) is 7. The molecule has 1 aliphatic rings. The van der Waals surface area contributed by atoms with E-state index in [2.05, 4.69) is 67.0 Å². The van der Waals surface area contributed by atoms with Crippen LogP contribution in [-0.4, -0.2) is 37.0 Å². The Kier molecular flexibility index (Phi) is 6.16. The molecule has 0 aliphatic heterocycles. The molecule has 5 aromatic rings. The van der Waals surface area contributed by atoms with Crippen LogP contribution in [-0.2, 0) is 13.0 Å². The second-order valence-corrected chi connectivity index (χ2v) is 10.7. The minimum Gasteiger partial charge on any atom is -0.347 e. The number of aryl methyl sites for hydroxylation is 3. The number of hydrogen-bond donors (Lipinski definition) is 3. The number of nitrogens with one attached hydrogen (secondary N) is 3. The third-order valence-electron chi connectivity index (χ3n) is 6.67. The summed E-state index contributed by atoms with van der Waals surface area (Å²) in [5.41, 5.74) is 4.48. The van der Waals surface area contributed by atoms with Crippen molar-refractivity contribution in [1.29, 1.82) is 0 Å². The Bertz CT molecular complexity index is 1690. The molecule has 190 valence electrons. The van der Waals surface area contributed by atoms with Crippen molar-refractivity contribution < 1.29 is 9.59 Å². The van der Waals surface area contributed by atoms with Gasteiger partial charge in [-0.1, -0.05) is 24.3 Å². The minimum atomic E-state index is -0.357. The van der Waals surface area contributed by atoms with Gasteiger partial charge in [0.1, 0.15) is 23.5 Å². The highest BCUT2D eigenvalue weighted by atomic mass is 32.1. The van der Waals surface area contributed by atoms with Crippen LogP contribution in [0, 0.1) is 13.8 Å². The molecule has 0 saturated heterocycles. The number of rotatable bonds is 6. The quantitative estimate of drug-likeness (QED) is 0.302. The molecule has 0 bridgehead atoms. The van der Waals surface area contributed by atoms with Crippen LogP contribution in [0.5, 0.6) is 0 Å². The largest absolute Gasteiger partial charge is 0.347 e. The number of benzene rings is 2.